The van der Waals surface area contributed by atoms with Crippen LogP contribution in [0.25, 0.3) is 0 Å². The predicted molar refractivity (Wildman–Crippen MR) is 42.5 cm³/mol. The van der Waals surface area contributed by atoms with E-state index in [1.807, 2.05) is 6.92 Å². The smallest absolute Gasteiger partial charge is 0.158 e. The minimum atomic E-state index is -0.0945. The van der Waals surface area contributed by atoms with Crippen molar-refractivity contribution < 1.29 is 9.26 Å². The number of nitrogens with two attached hydrogens (primary N) is 1. The maximum Gasteiger partial charge on any atom is 0.158 e. The van der Waals surface area contributed by atoms with Crippen LogP contribution in [-0.4, -0.2) is 11.8 Å². The molecule has 1 unspecified atom stereocenters. The summed E-state index contributed by atoms with van der Waals surface area (Å²) in [5, 5.41) is 3.94. The van der Waals surface area contributed by atoms with Crippen LogP contribution < -0.4 is 5.73 Å². The van der Waals surface area contributed by atoms with E-state index >= 15 is 0 Å². The van der Waals surface area contributed by atoms with Crippen LogP contribution in [0.15, 0.2) is 4.52 Å². The van der Waals surface area contributed by atoms with Gasteiger partial charge in [-0.05, 0) is 6.92 Å². The number of hydrogen-bond acceptors (Lipinski definition) is 4. The van der Waals surface area contributed by atoms with Crippen LogP contribution >= 0.6 is 0 Å². The third kappa shape index (κ3) is 1.13. The first-order valence-electron chi connectivity index (χ1n) is 4.09. The normalized spacial score (nSPS) is 18.8. The van der Waals surface area contributed by atoms with Crippen molar-refractivity contribution in [2.45, 2.75) is 26.0 Å². The Kier molecular flexibility index (Phi) is 1.86. The van der Waals surface area contributed by atoms with E-state index in [-0.39, 0.29) is 6.04 Å². The summed E-state index contributed by atoms with van der Waals surface area (Å²) in [6.07, 6.45) is 0.839. The molecule has 1 atom stereocenters. The Labute approximate surface area is 70.7 Å². The molecule has 2 N–H and O–H groups in total. The van der Waals surface area contributed by atoms with Gasteiger partial charge in [-0.3, -0.25) is 0 Å². The second-order valence-corrected chi connectivity index (χ2v) is 3.06. The van der Waals surface area contributed by atoms with Gasteiger partial charge in [-0.2, -0.15) is 0 Å². The average Bonchev–Trinajstić information content (AvgIpc) is 2.47. The summed E-state index contributed by atoms with van der Waals surface area (Å²) >= 11 is 0. The zero-order chi connectivity index (χ0) is 8.55. The summed E-state index contributed by atoms with van der Waals surface area (Å²) in [4.78, 5) is 0. The average molecular weight is 168 g/mol. The number of rotatable bonds is 1. The number of nitrogens with zero attached hydrogens (tertiary/aromatic N) is 1. The predicted octanol–water partition coefficient (Wildman–Crippen LogP) is 0.767. The van der Waals surface area contributed by atoms with Crippen LogP contribution in [0, 0.1) is 0 Å². The summed E-state index contributed by atoms with van der Waals surface area (Å²) in [5.74, 6) is 0.768. The van der Waals surface area contributed by atoms with Crippen molar-refractivity contribution in [3.8, 4) is 0 Å². The Balaban J connectivity index is 2.38. The summed E-state index contributed by atoms with van der Waals surface area (Å²) in [6, 6.07) is -0.0945. The van der Waals surface area contributed by atoms with Crippen molar-refractivity contribution in [2.75, 3.05) is 6.61 Å². The zero-order valence-corrected chi connectivity index (χ0v) is 7.04. The Morgan fingerprint density at radius 1 is 1.58 bits per heavy atom. The highest BCUT2D eigenvalue weighted by atomic mass is 16.5. The third-order valence-corrected chi connectivity index (χ3v) is 2.04. The molecular formula is C8H12N2O2. The molecule has 0 fully saturated rings. The number of hydrogen-bond donors (Lipinski definition) is 1. The van der Waals surface area contributed by atoms with Crippen LogP contribution in [0.1, 0.15) is 30.0 Å². The second-order valence-electron chi connectivity index (χ2n) is 3.06. The summed E-state index contributed by atoms with van der Waals surface area (Å²) in [6.45, 7) is 3.21. The van der Waals surface area contributed by atoms with Gasteiger partial charge in [-0.1, -0.05) is 5.16 Å². The van der Waals surface area contributed by atoms with Gasteiger partial charge in [0.15, 0.2) is 5.76 Å². The van der Waals surface area contributed by atoms with Crippen LogP contribution in [0.2, 0.25) is 0 Å². The number of aromatic nitrogens is 1. The van der Waals surface area contributed by atoms with Gasteiger partial charge in [0.2, 0.25) is 0 Å². The first-order valence-corrected chi connectivity index (χ1v) is 4.09. The van der Waals surface area contributed by atoms with E-state index < -0.39 is 0 Å². The van der Waals surface area contributed by atoms with Gasteiger partial charge in [0.05, 0.1) is 24.9 Å². The van der Waals surface area contributed by atoms with E-state index in [4.69, 9.17) is 15.0 Å². The zero-order valence-electron chi connectivity index (χ0n) is 7.04. The van der Waals surface area contributed by atoms with Crippen LogP contribution in [-0.2, 0) is 17.8 Å². The van der Waals surface area contributed by atoms with Crippen LogP contribution in [0.4, 0.5) is 0 Å². The molecule has 4 nitrogen and oxygen atoms in total. The fourth-order valence-electron chi connectivity index (χ4n) is 1.41. The summed E-state index contributed by atoms with van der Waals surface area (Å²) in [5.41, 5.74) is 7.75. The monoisotopic (exact) mass is 168 g/mol. The highest BCUT2D eigenvalue weighted by Gasteiger charge is 2.21. The Morgan fingerprint density at radius 3 is 3.17 bits per heavy atom. The molecule has 1 aromatic heterocycles. The molecule has 0 amide bonds. The first kappa shape index (κ1) is 7.76. The lowest BCUT2D eigenvalue weighted by Gasteiger charge is -2.11. The van der Waals surface area contributed by atoms with Gasteiger partial charge in [0.1, 0.15) is 0 Å². The molecule has 12 heavy (non-hydrogen) atoms. The van der Waals surface area contributed by atoms with Gasteiger partial charge >= 0.3 is 0 Å². The number of ether oxygens (including phenoxy) is 1. The molecule has 4 heteroatoms. The minimum Gasteiger partial charge on any atom is -0.376 e. The highest BCUT2D eigenvalue weighted by molar-refractivity contribution is 5.25. The van der Waals surface area contributed by atoms with E-state index in [1.165, 1.54) is 0 Å². The third-order valence-electron chi connectivity index (χ3n) is 2.04. The fraction of sp³-hybridized carbons (Fsp3) is 0.625. The Morgan fingerprint density at radius 2 is 2.42 bits per heavy atom. The topological polar surface area (TPSA) is 61.3 Å². The van der Waals surface area contributed by atoms with Crippen molar-refractivity contribution >= 4 is 0 Å². The molecule has 66 valence electrons. The second kappa shape index (κ2) is 2.88. The van der Waals surface area contributed by atoms with Crippen molar-refractivity contribution in [3.63, 3.8) is 0 Å². The van der Waals surface area contributed by atoms with Crippen LogP contribution in [0.3, 0.4) is 0 Å². The lowest BCUT2D eigenvalue weighted by molar-refractivity contribution is 0.109. The molecule has 1 aliphatic heterocycles. The van der Waals surface area contributed by atoms with Crippen molar-refractivity contribution in [1.82, 2.24) is 5.16 Å². The van der Waals surface area contributed by atoms with Gasteiger partial charge in [0.25, 0.3) is 0 Å². The Hall–Kier alpha value is -0.870. The lowest BCUT2D eigenvalue weighted by Crippen LogP contribution is -2.13. The standard InChI is InChI=1S/C8H12N2O2/c1-5(9)8-6-4-11-3-2-7(6)10-12-8/h5H,2-4,9H2,1H3. The highest BCUT2D eigenvalue weighted by Crippen LogP contribution is 2.23. The molecule has 0 saturated carbocycles. The molecule has 0 saturated heterocycles. The minimum absolute atomic E-state index is 0.0945. The quantitative estimate of drug-likeness (QED) is 0.672. The number of fused-ring (bicyclic) bond motifs is 1. The van der Waals surface area contributed by atoms with Gasteiger partial charge in [0, 0.05) is 12.0 Å². The van der Waals surface area contributed by atoms with Crippen molar-refractivity contribution in [2.24, 2.45) is 5.73 Å². The molecule has 2 heterocycles. The molecule has 1 aliphatic rings. The van der Waals surface area contributed by atoms with Gasteiger partial charge in [-0.25, -0.2) is 0 Å². The molecule has 0 aliphatic carbocycles. The molecule has 1 aromatic rings. The van der Waals surface area contributed by atoms with E-state index in [0.29, 0.717) is 6.61 Å². The molecule has 2 rings (SSSR count). The summed E-state index contributed by atoms with van der Waals surface area (Å²) < 4.78 is 10.4. The van der Waals surface area contributed by atoms with E-state index in [0.717, 1.165) is 30.0 Å². The summed E-state index contributed by atoms with van der Waals surface area (Å²) in [7, 11) is 0. The van der Waals surface area contributed by atoms with Crippen LogP contribution in [0.5, 0.6) is 0 Å². The fourth-order valence-corrected chi connectivity index (χ4v) is 1.41. The van der Waals surface area contributed by atoms with E-state index in [2.05, 4.69) is 5.16 Å². The maximum atomic E-state index is 5.69. The molecular weight excluding hydrogens is 156 g/mol. The molecule has 0 aromatic carbocycles. The maximum absolute atomic E-state index is 5.69. The largest absolute Gasteiger partial charge is 0.376 e. The molecule has 0 spiro atoms. The van der Waals surface area contributed by atoms with E-state index in [9.17, 15) is 0 Å². The SMILES string of the molecule is CC(N)c1onc2c1COCC2. The molecule has 0 radical (unpaired) electrons. The van der Waals surface area contributed by atoms with Gasteiger partial charge < -0.3 is 15.0 Å². The van der Waals surface area contributed by atoms with Crippen molar-refractivity contribution in [1.29, 1.82) is 0 Å². The molecule has 0 bridgehead atoms. The Bertz CT molecular complexity index is 281. The van der Waals surface area contributed by atoms with Gasteiger partial charge in [-0.15, -0.1) is 0 Å². The van der Waals surface area contributed by atoms with E-state index in [1.54, 1.807) is 0 Å². The first-order chi connectivity index (χ1) is 5.79. The lowest BCUT2D eigenvalue weighted by atomic mass is 10.1. The van der Waals surface area contributed by atoms with Crippen molar-refractivity contribution in [3.05, 3.63) is 17.0 Å².